The average Bonchev–Trinajstić information content (AvgIpc) is 2.65. The van der Waals surface area contributed by atoms with Gasteiger partial charge in [0, 0.05) is 5.69 Å². The Labute approximate surface area is 174 Å². The van der Waals surface area contributed by atoms with Gasteiger partial charge in [-0.2, -0.15) is 0 Å². The van der Waals surface area contributed by atoms with Crippen LogP contribution >= 0.6 is 11.6 Å². The third kappa shape index (κ3) is 6.23. The van der Waals surface area contributed by atoms with Crippen molar-refractivity contribution in [1.82, 2.24) is 0 Å². The lowest BCUT2D eigenvalue weighted by Crippen LogP contribution is -2.17. The summed E-state index contributed by atoms with van der Waals surface area (Å²) in [6.45, 7) is 0. The van der Waals surface area contributed by atoms with Crippen molar-refractivity contribution in [2.24, 2.45) is 0 Å². The fourth-order valence-electron chi connectivity index (χ4n) is 2.61. The van der Waals surface area contributed by atoms with Crippen molar-refractivity contribution in [3.05, 3.63) is 83.4 Å². The van der Waals surface area contributed by atoms with Gasteiger partial charge in [-0.15, -0.1) is 0 Å². The van der Waals surface area contributed by atoms with E-state index in [1.165, 1.54) is 0 Å². The van der Waals surface area contributed by atoms with E-state index in [9.17, 15) is 13.2 Å². The Bertz CT molecular complexity index is 1120. The number of hydrogen-bond donors (Lipinski definition) is 2. The van der Waals surface area contributed by atoms with E-state index in [0.717, 1.165) is 6.26 Å². The minimum absolute atomic E-state index is 0.0244. The van der Waals surface area contributed by atoms with Crippen LogP contribution in [0.1, 0.15) is 5.56 Å². The van der Waals surface area contributed by atoms with Crippen LogP contribution in [0.3, 0.4) is 0 Å². The molecule has 0 fully saturated rings. The summed E-state index contributed by atoms with van der Waals surface area (Å²) in [7, 11) is -3.43. The zero-order valence-corrected chi connectivity index (χ0v) is 17.1. The summed E-state index contributed by atoms with van der Waals surface area (Å²) in [6, 6.07) is 20.8. The maximum atomic E-state index is 12.4. The molecule has 0 heterocycles. The van der Waals surface area contributed by atoms with Crippen LogP contribution in [-0.2, 0) is 21.2 Å². The third-order valence-electron chi connectivity index (χ3n) is 3.87. The van der Waals surface area contributed by atoms with E-state index in [1.807, 2.05) is 12.1 Å². The fraction of sp³-hybridized carbons (Fsp3) is 0.0952. The van der Waals surface area contributed by atoms with Crippen LogP contribution in [0.4, 0.5) is 11.4 Å². The second kappa shape index (κ2) is 8.98. The molecule has 0 saturated heterocycles. The molecule has 3 rings (SSSR count). The number of carbonyl (C=O) groups excluding carboxylic acids is 1. The highest BCUT2D eigenvalue weighted by molar-refractivity contribution is 7.92. The van der Waals surface area contributed by atoms with Crippen molar-refractivity contribution in [1.29, 1.82) is 0 Å². The van der Waals surface area contributed by atoms with E-state index in [4.69, 9.17) is 16.3 Å². The maximum absolute atomic E-state index is 12.4. The molecule has 0 unspecified atom stereocenters. The summed E-state index contributed by atoms with van der Waals surface area (Å²) in [6.07, 6.45) is 1.09. The molecular formula is C21H19ClN2O4S. The van der Waals surface area contributed by atoms with Crippen LogP contribution in [0.5, 0.6) is 11.5 Å². The number of nitrogens with one attached hydrogen (secondary N) is 2. The Morgan fingerprint density at radius 1 is 0.966 bits per heavy atom. The highest BCUT2D eigenvalue weighted by atomic mass is 35.5. The molecule has 0 atom stereocenters. The molecular weight excluding hydrogens is 412 g/mol. The molecule has 0 aliphatic heterocycles. The molecule has 2 N–H and O–H groups in total. The Morgan fingerprint density at radius 2 is 1.62 bits per heavy atom. The Morgan fingerprint density at radius 3 is 2.31 bits per heavy atom. The first-order chi connectivity index (χ1) is 13.8. The average molecular weight is 431 g/mol. The predicted molar refractivity (Wildman–Crippen MR) is 115 cm³/mol. The van der Waals surface area contributed by atoms with Crippen LogP contribution in [-0.4, -0.2) is 20.6 Å². The van der Waals surface area contributed by atoms with E-state index in [2.05, 4.69) is 10.0 Å². The molecule has 29 heavy (non-hydrogen) atoms. The van der Waals surface area contributed by atoms with Crippen molar-refractivity contribution in [3.8, 4) is 11.5 Å². The van der Waals surface area contributed by atoms with Gasteiger partial charge in [0.05, 0.1) is 23.4 Å². The van der Waals surface area contributed by atoms with E-state index in [1.54, 1.807) is 60.7 Å². The molecule has 3 aromatic carbocycles. The first-order valence-corrected chi connectivity index (χ1v) is 10.9. The fourth-order valence-corrected chi connectivity index (χ4v) is 3.39. The zero-order valence-electron chi connectivity index (χ0n) is 15.6. The lowest BCUT2D eigenvalue weighted by molar-refractivity contribution is -0.115. The van der Waals surface area contributed by atoms with Gasteiger partial charge in [0.2, 0.25) is 15.9 Å². The summed E-state index contributed by atoms with van der Waals surface area (Å²) >= 11 is 6.08. The lowest BCUT2D eigenvalue weighted by atomic mass is 10.1. The van der Waals surface area contributed by atoms with Crippen LogP contribution in [0, 0.1) is 0 Å². The number of carbonyl (C=O) groups is 1. The minimum Gasteiger partial charge on any atom is -0.456 e. The highest BCUT2D eigenvalue weighted by Crippen LogP contribution is 2.29. The molecule has 0 aliphatic rings. The van der Waals surface area contributed by atoms with Gasteiger partial charge in [0.25, 0.3) is 0 Å². The Hall–Kier alpha value is -3.03. The van der Waals surface area contributed by atoms with Crippen LogP contribution < -0.4 is 14.8 Å². The summed E-state index contributed by atoms with van der Waals surface area (Å²) in [5.74, 6) is 0.854. The van der Waals surface area contributed by atoms with E-state index >= 15 is 0 Å². The summed E-state index contributed by atoms with van der Waals surface area (Å²) in [5, 5.41) is 3.29. The Balaban J connectivity index is 1.64. The summed E-state index contributed by atoms with van der Waals surface area (Å²) in [5.41, 5.74) is 1.55. The lowest BCUT2D eigenvalue weighted by Gasteiger charge is -2.11. The van der Waals surface area contributed by atoms with E-state index < -0.39 is 10.0 Å². The molecule has 6 nitrogen and oxygen atoms in total. The van der Waals surface area contributed by atoms with Gasteiger partial charge in [0.15, 0.2) is 0 Å². The standard InChI is InChI=1S/C21H19ClN2O4S/c1-29(26,27)24-19-8-4-2-6-15(19)14-21(25)23-16-10-12-17(13-11-16)28-20-9-5-3-7-18(20)22/h2-13,24H,14H2,1H3,(H,23,25). The number of benzene rings is 3. The van der Waals surface area contributed by atoms with Gasteiger partial charge in [-0.25, -0.2) is 8.42 Å². The number of sulfonamides is 1. The number of hydrogen-bond acceptors (Lipinski definition) is 4. The van der Waals surface area contributed by atoms with Gasteiger partial charge in [0.1, 0.15) is 11.5 Å². The molecule has 150 valence electrons. The van der Waals surface area contributed by atoms with Crippen molar-refractivity contribution in [2.45, 2.75) is 6.42 Å². The molecule has 0 radical (unpaired) electrons. The molecule has 8 heteroatoms. The second-order valence-corrected chi connectivity index (χ2v) is 8.47. The smallest absolute Gasteiger partial charge is 0.229 e. The molecule has 0 bridgehead atoms. The minimum atomic E-state index is -3.43. The van der Waals surface area contributed by atoms with E-state index in [-0.39, 0.29) is 12.3 Å². The zero-order chi connectivity index (χ0) is 20.9. The van der Waals surface area contributed by atoms with Crippen molar-refractivity contribution in [3.63, 3.8) is 0 Å². The van der Waals surface area contributed by atoms with Gasteiger partial charge < -0.3 is 10.1 Å². The molecule has 0 aliphatic carbocycles. The third-order valence-corrected chi connectivity index (χ3v) is 4.77. The van der Waals surface area contributed by atoms with E-state index in [0.29, 0.717) is 33.5 Å². The molecule has 0 aromatic heterocycles. The predicted octanol–water partition coefficient (Wildman–Crippen LogP) is 4.69. The van der Waals surface area contributed by atoms with Gasteiger partial charge >= 0.3 is 0 Å². The second-order valence-electron chi connectivity index (χ2n) is 6.31. The monoisotopic (exact) mass is 430 g/mol. The first kappa shape index (κ1) is 20.7. The summed E-state index contributed by atoms with van der Waals surface area (Å²) < 4.78 is 31.1. The van der Waals surface area contributed by atoms with Gasteiger partial charge in [-0.3, -0.25) is 9.52 Å². The number of ether oxygens (including phenoxy) is 1. The number of halogens is 1. The van der Waals surface area contributed by atoms with Crippen molar-refractivity contribution >= 4 is 38.9 Å². The van der Waals surface area contributed by atoms with Crippen LogP contribution in [0.25, 0.3) is 0 Å². The number of amides is 1. The van der Waals surface area contributed by atoms with Gasteiger partial charge in [-0.05, 0) is 48.0 Å². The van der Waals surface area contributed by atoms with Crippen molar-refractivity contribution < 1.29 is 17.9 Å². The molecule has 1 amide bonds. The quantitative estimate of drug-likeness (QED) is 0.569. The van der Waals surface area contributed by atoms with Gasteiger partial charge in [-0.1, -0.05) is 41.9 Å². The number of rotatable bonds is 7. The molecule has 0 spiro atoms. The molecule has 0 saturated carbocycles. The normalized spacial score (nSPS) is 11.0. The SMILES string of the molecule is CS(=O)(=O)Nc1ccccc1CC(=O)Nc1ccc(Oc2ccccc2Cl)cc1. The Kier molecular flexibility index (Phi) is 6.41. The highest BCUT2D eigenvalue weighted by Gasteiger charge is 2.11. The van der Waals surface area contributed by atoms with Crippen LogP contribution in [0.15, 0.2) is 72.8 Å². The topological polar surface area (TPSA) is 84.5 Å². The van der Waals surface area contributed by atoms with Crippen LogP contribution in [0.2, 0.25) is 5.02 Å². The number of para-hydroxylation sites is 2. The largest absolute Gasteiger partial charge is 0.456 e. The first-order valence-electron chi connectivity index (χ1n) is 8.68. The van der Waals surface area contributed by atoms with Crippen molar-refractivity contribution in [2.75, 3.05) is 16.3 Å². The number of anilines is 2. The molecule has 3 aromatic rings. The maximum Gasteiger partial charge on any atom is 0.229 e. The summed E-state index contributed by atoms with van der Waals surface area (Å²) in [4.78, 5) is 12.4.